The summed E-state index contributed by atoms with van der Waals surface area (Å²) in [5.74, 6) is 2.08. The Balaban J connectivity index is 1.56. The predicted molar refractivity (Wildman–Crippen MR) is 114 cm³/mol. The molecule has 152 valence electrons. The van der Waals surface area contributed by atoms with Crippen LogP contribution in [-0.4, -0.2) is 34.7 Å². The maximum Gasteiger partial charge on any atom is 0.251 e. The number of fused-ring (bicyclic) bond motifs is 1. The molecule has 0 atom stereocenters. The average molecular weight is 402 g/mol. The first kappa shape index (κ1) is 19.4. The van der Waals surface area contributed by atoms with E-state index in [1.54, 1.807) is 44.7 Å². The van der Waals surface area contributed by atoms with Gasteiger partial charge in [-0.1, -0.05) is 12.1 Å². The number of carbonyl (C=O) groups is 1. The molecular weight excluding hydrogens is 380 g/mol. The highest BCUT2D eigenvalue weighted by atomic mass is 16.5. The highest BCUT2D eigenvalue weighted by Gasteiger charge is 2.14. The van der Waals surface area contributed by atoms with Gasteiger partial charge in [-0.25, -0.2) is 9.97 Å². The van der Waals surface area contributed by atoms with E-state index in [-0.39, 0.29) is 12.5 Å². The van der Waals surface area contributed by atoms with Crippen LogP contribution < -0.4 is 14.8 Å². The molecule has 0 fully saturated rings. The van der Waals surface area contributed by atoms with Crippen molar-refractivity contribution in [2.75, 3.05) is 14.2 Å². The van der Waals surface area contributed by atoms with Crippen LogP contribution in [0.15, 0.2) is 66.9 Å². The number of carbonyl (C=O) groups excluding carboxylic acids is 1. The lowest BCUT2D eigenvalue weighted by molar-refractivity contribution is 0.0949. The van der Waals surface area contributed by atoms with E-state index >= 15 is 0 Å². The zero-order valence-corrected chi connectivity index (χ0v) is 16.8. The van der Waals surface area contributed by atoms with Crippen LogP contribution in [0.2, 0.25) is 0 Å². The van der Waals surface area contributed by atoms with Crippen molar-refractivity contribution < 1.29 is 14.3 Å². The molecule has 2 heterocycles. The van der Waals surface area contributed by atoms with E-state index in [9.17, 15) is 4.79 Å². The Bertz CT molecular complexity index is 1150. The van der Waals surface area contributed by atoms with Crippen molar-refractivity contribution in [1.29, 1.82) is 0 Å². The number of imidazole rings is 1. The number of benzene rings is 2. The fraction of sp³-hybridized carbons (Fsp3) is 0.174. The zero-order valence-electron chi connectivity index (χ0n) is 16.8. The number of nitrogens with one attached hydrogen (secondary N) is 1. The van der Waals surface area contributed by atoms with Gasteiger partial charge in [0.2, 0.25) is 0 Å². The third kappa shape index (κ3) is 4.10. The summed E-state index contributed by atoms with van der Waals surface area (Å²) in [6, 6.07) is 18.6. The first-order valence-electron chi connectivity index (χ1n) is 9.53. The molecule has 2 aromatic carbocycles. The number of methoxy groups -OCH3 is 2. The number of nitrogens with zero attached hydrogens (tertiary/aromatic N) is 3. The summed E-state index contributed by atoms with van der Waals surface area (Å²) in [6.45, 7) is 0.878. The monoisotopic (exact) mass is 402 g/mol. The van der Waals surface area contributed by atoms with E-state index in [0.717, 1.165) is 28.3 Å². The number of ether oxygens (including phenoxy) is 2. The van der Waals surface area contributed by atoms with E-state index < -0.39 is 0 Å². The summed E-state index contributed by atoms with van der Waals surface area (Å²) in [4.78, 5) is 21.7. The number of amides is 1. The molecule has 0 spiro atoms. The van der Waals surface area contributed by atoms with Crippen molar-refractivity contribution in [3.05, 3.63) is 83.8 Å². The molecule has 4 rings (SSSR count). The minimum Gasteiger partial charge on any atom is -0.497 e. The van der Waals surface area contributed by atoms with Gasteiger partial charge < -0.3 is 19.4 Å². The molecular formula is C23H22N4O3. The summed E-state index contributed by atoms with van der Waals surface area (Å²) >= 11 is 0. The second kappa shape index (κ2) is 8.65. The van der Waals surface area contributed by atoms with Gasteiger partial charge in [-0.3, -0.25) is 4.79 Å². The number of pyridine rings is 1. The van der Waals surface area contributed by atoms with Gasteiger partial charge in [0.1, 0.15) is 22.8 Å². The largest absolute Gasteiger partial charge is 0.497 e. The Kier molecular flexibility index (Phi) is 5.61. The number of hydrogen-bond acceptors (Lipinski definition) is 5. The Morgan fingerprint density at radius 3 is 2.30 bits per heavy atom. The zero-order chi connectivity index (χ0) is 20.9. The lowest BCUT2D eigenvalue weighted by atomic mass is 10.2. The molecule has 0 aliphatic rings. The van der Waals surface area contributed by atoms with Crippen molar-refractivity contribution in [3.63, 3.8) is 0 Å². The van der Waals surface area contributed by atoms with Gasteiger partial charge in [-0.15, -0.1) is 0 Å². The fourth-order valence-corrected chi connectivity index (χ4v) is 3.22. The Morgan fingerprint density at radius 2 is 1.63 bits per heavy atom. The second-order valence-corrected chi connectivity index (χ2v) is 6.72. The minimum atomic E-state index is -0.173. The number of aromatic nitrogens is 3. The molecule has 0 radical (unpaired) electrons. The van der Waals surface area contributed by atoms with Crippen molar-refractivity contribution in [3.8, 4) is 11.5 Å². The normalized spacial score (nSPS) is 10.7. The van der Waals surface area contributed by atoms with Gasteiger partial charge >= 0.3 is 0 Å². The highest BCUT2D eigenvalue weighted by Crippen LogP contribution is 2.18. The molecule has 1 N–H and O–H groups in total. The van der Waals surface area contributed by atoms with Crippen molar-refractivity contribution in [2.45, 2.75) is 13.1 Å². The molecule has 2 aromatic heterocycles. The first-order valence-corrected chi connectivity index (χ1v) is 9.53. The molecule has 30 heavy (non-hydrogen) atoms. The van der Waals surface area contributed by atoms with Crippen LogP contribution in [0, 0.1) is 0 Å². The lowest BCUT2D eigenvalue weighted by Crippen LogP contribution is -2.25. The smallest absolute Gasteiger partial charge is 0.251 e. The lowest BCUT2D eigenvalue weighted by Gasteiger charge is -2.11. The van der Waals surface area contributed by atoms with Gasteiger partial charge in [-0.05, 0) is 54.1 Å². The summed E-state index contributed by atoms with van der Waals surface area (Å²) in [5.41, 5.74) is 3.22. The van der Waals surface area contributed by atoms with Gasteiger partial charge in [0, 0.05) is 11.8 Å². The summed E-state index contributed by atoms with van der Waals surface area (Å²) in [7, 11) is 3.24. The van der Waals surface area contributed by atoms with Gasteiger partial charge in [-0.2, -0.15) is 0 Å². The van der Waals surface area contributed by atoms with E-state index in [0.29, 0.717) is 17.9 Å². The molecule has 0 aliphatic carbocycles. The van der Waals surface area contributed by atoms with Gasteiger partial charge in [0.05, 0.1) is 27.3 Å². The van der Waals surface area contributed by atoms with Crippen molar-refractivity contribution >= 4 is 17.1 Å². The maximum atomic E-state index is 12.6. The molecule has 0 saturated carbocycles. The van der Waals surface area contributed by atoms with Gasteiger partial charge in [0.25, 0.3) is 5.91 Å². The van der Waals surface area contributed by atoms with E-state index in [1.807, 2.05) is 41.0 Å². The first-order chi connectivity index (χ1) is 14.7. The van der Waals surface area contributed by atoms with Crippen molar-refractivity contribution in [2.24, 2.45) is 0 Å². The topological polar surface area (TPSA) is 78.3 Å². The van der Waals surface area contributed by atoms with Crippen molar-refractivity contribution in [1.82, 2.24) is 19.9 Å². The molecule has 0 unspecified atom stereocenters. The van der Waals surface area contributed by atoms with Crippen LogP contribution in [0.5, 0.6) is 11.5 Å². The third-order valence-electron chi connectivity index (χ3n) is 4.84. The van der Waals surface area contributed by atoms with Crippen LogP contribution in [0.25, 0.3) is 11.2 Å². The molecule has 0 bridgehead atoms. The molecule has 0 aliphatic heterocycles. The fourth-order valence-electron chi connectivity index (χ4n) is 3.22. The minimum absolute atomic E-state index is 0.173. The van der Waals surface area contributed by atoms with Crippen LogP contribution >= 0.6 is 0 Å². The number of rotatable bonds is 7. The Morgan fingerprint density at radius 1 is 0.967 bits per heavy atom. The van der Waals surface area contributed by atoms with E-state index in [4.69, 9.17) is 9.47 Å². The Hall–Kier alpha value is -3.87. The average Bonchev–Trinajstić information content (AvgIpc) is 3.15. The SMILES string of the molecule is COc1ccc(Cn2c(CNC(=O)c3ccc(OC)cc3)nc3cccnc32)cc1. The standard InChI is InChI=1S/C23H22N4O3/c1-29-18-9-5-16(6-10-18)15-27-21(26-20-4-3-13-24-22(20)27)14-25-23(28)17-7-11-19(30-2)12-8-17/h3-13H,14-15H2,1-2H3,(H,25,28). The maximum absolute atomic E-state index is 12.6. The predicted octanol–water partition coefficient (Wildman–Crippen LogP) is 3.43. The van der Waals surface area contributed by atoms with E-state index in [2.05, 4.69) is 15.3 Å². The summed E-state index contributed by atoms with van der Waals surface area (Å²) in [5, 5.41) is 2.95. The van der Waals surface area contributed by atoms with Gasteiger partial charge in [0.15, 0.2) is 5.65 Å². The van der Waals surface area contributed by atoms with Crippen LogP contribution in [-0.2, 0) is 13.1 Å². The molecule has 0 saturated heterocycles. The molecule has 7 heteroatoms. The highest BCUT2D eigenvalue weighted by molar-refractivity contribution is 5.94. The van der Waals surface area contributed by atoms with Crippen LogP contribution in [0.1, 0.15) is 21.7 Å². The summed E-state index contributed by atoms with van der Waals surface area (Å²) < 4.78 is 12.4. The third-order valence-corrected chi connectivity index (χ3v) is 4.84. The Labute approximate surface area is 174 Å². The second-order valence-electron chi connectivity index (χ2n) is 6.72. The molecule has 1 amide bonds. The molecule has 7 nitrogen and oxygen atoms in total. The summed E-state index contributed by atoms with van der Waals surface area (Å²) in [6.07, 6.45) is 1.74. The quantitative estimate of drug-likeness (QED) is 0.512. The van der Waals surface area contributed by atoms with Crippen LogP contribution in [0.3, 0.4) is 0 Å². The number of hydrogen-bond donors (Lipinski definition) is 1. The van der Waals surface area contributed by atoms with Crippen LogP contribution in [0.4, 0.5) is 0 Å². The molecule has 4 aromatic rings. The van der Waals surface area contributed by atoms with E-state index in [1.165, 1.54) is 0 Å².